The summed E-state index contributed by atoms with van der Waals surface area (Å²) in [6.45, 7) is 4.09. The van der Waals surface area contributed by atoms with Crippen LogP contribution in [0.5, 0.6) is 0 Å². The highest BCUT2D eigenvalue weighted by molar-refractivity contribution is 5.80. The Bertz CT molecular complexity index is 900. The van der Waals surface area contributed by atoms with Gasteiger partial charge >= 0.3 is 0 Å². The highest BCUT2D eigenvalue weighted by Crippen LogP contribution is 2.18. The molecule has 3 aromatic rings. The summed E-state index contributed by atoms with van der Waals surface area (Å²) in [6, 6.07) is 10.1. The van der Waals surface area contributed by atoms with Crippen LogP contribution >= 0.6 is 0 Å². The maximum atomic E-state index is 5.58. The summed E-state index contributed by atoms with van der Waals surface area (Å²) in [5, 5.41) is 11.0. The van der Waals surface area contributed by atoms with E-state index in [1.54, 1.807) is 12.6 Å². The van der Waals surface area contributed by atoms with Crippen molar-refractivity contribution < 1.29 is 4.42 Å². The van der Waals surface area contributed by atoms with Crippen LogP contribution in [0.1, 0.15) is 24.9 Å². The fourth-order valence-electron chi connectivity index (χ4n) is 3.12. The standard InChI is InChI=1S/C19H23N7O/c1-2-20-19(25-15-8-9-17-22-13-23-26(17)11-15)21-10-16-12-27-18(24-16)14-6-4-3-5-7-14/h3-7,12-13,15H,2,8-11H2,1H3,(H2,20,21,25). The average molecular weight is 365 g/mol. The lowest BCUT2D eigenvalue weighted by Crippen LogP contribution is -2.47. The Labute approximate surface area is 157 Å². The monoisotopic (exact) mass is 365 g/mol. The van der Waals surface area contributed by atoms with Gasteiger partial charge < -0.3 is 15.1 Å². The third-order valence-corrected chi connectivity index (χ3v) is 4.46. The van der Waals surface area contributed by atoms with E-state index in [9.17, 15) is 0 Å². The van der Waals surface area contributed by atoms with Gasteiger partial charge in [0.2, 0.25) is 5.89 Å². The molecule has 0 fully saturated rings. The fourth-order valence-corrected chi connectivity index (χ4v) is 3.12. The van der Waals surface area contributed by atoms with Crippen LogP contribution < -0.4 is 10.6 Å². The molecule has 1 atom stereocenters. The Morgan fingerprint density at radius 1 is 1.33 bits per heavy atom. The zero-order valence-electron chi connectivity index (χ0n) is 15.3. The summed E-state index contributed by atoms with van der Waals surface area (Å²) in [5.74, 6) is 2.44. The molecule has 0 saturated carbocycles. The van der Waals surface area contributed by atoms with Crippen molar-refractivity contribution in [2.45, 2.75) is 38.9 Å². The molecule has 1 aromatic carbocycles. The summed E-state index contributed by atoms with van der Waals surface area (Å²) in [5.41, 5.74) is 1.76. The van der Waals surface area contributed by atoms with Gasteiger partial charge in [0.05, 0.1) is 13.1 Å². The number of rotatable bonds is 5. The van der Waals surface area contributed by atoms with Crippen molar-refractivity contribution >= 4 is 5.96 Å². The summed E-state index contributed by atoms with van der Waals surface area (Å²) in [4.78, 5) is 13.5. The summed E-state index contributed by atoms with van der Waals surface area (Å²) < 4.78 is 7.54. The van der Waals surface area contributed by atoms with Gasteiger partial charge in [-0.05, 0) is 25.5 Å². The fraction of sp³-hybridized carbons (Fsp3) is 0.368. The van der Waals surface area contributed by atoms with E-state index in [1.165, 1.54) is 0 Å². The lowest BCUT2D eigenvalue weighted by Gasteiger charge is -2.25. The molecule has 8 heteroatoms. The molecule has 0 aliphatic carbocycles. The highest BCUT2D eigenvalue weighted by atomic mass is 16.3. The van der Waals surface area contributed by atoms with Gasteiger partial charge in [0, 0.05) is 24.6 Å². The Kier molecular flexibility index (Phi) is 5.13. The van der Waals surface area contributed by atoms with Gasteiger partial charge in [-0.15, -0.1) is 0 Å². The van der Waals surface area contributed by atoms with Crippen LogP contribution in [-0.4, -0.2) is 38.3 Å². The van der Waals surface area contributed by atoms with E-state index in [0.29, 0.717) is 12.4 Å². The second-order valence-corrected chi connectivity index (χ2v) is 6.44. The molecule has 0 spiro atoms. The molecule has 140 valence electrons. The van der Waals surface area contributed by atoms with Crippen LogP contribution in [0.3, 0.4) is 0 Å². The third kappa shape index (κ3) is 4.16. The van der Waals surface area contributed by atoms with Crippen molar-refractivity contribution in [3.05, 3.63) is 54.4 Å². The number of aryl methyl sites for hydroxylation is 1. The second kappa shape index (κ2) is 8.03. The molecule has 2 aromatic heterocycles. The Morgan fingerprint density at radius 3 is 3.07 bits per heavy atom. The van der Waals surface area contributed by atoms with Crippen LogP contribution in [0, 0.1) is 0 Å². The predicted octanol–water partition coefficient (Wildman–Crippen LogP) is 2.00. The van der Waals surface area contributed by atoms with Crippen LogP contribution in [-0.2, 0) is 19.5 Å². The van der Waals surface area contributed by atoms with Crippen LogP contribution in [0.15, 0.2) is 52.3 Å². The first-order chi connectivity index (χ1) is 13.3. The van der Waals surface area contributed by atoms with Crippen LogP contribution in [0.25, 0.3) is 11.5 Å². The normalized spacial score (nSPS) is 16.8. The average Bonchev–Trinajstić information content (AvgIpc) is 3.36. The minimum Gasteiger partial charge on any atom is -0.444 e. The lowest BCUT2D eigenvalue weighted by atomic mass is 10.1. The summed E-state index contributed by atoms with van der Waals surface area (Å²) in [6.07, 6.45) is 5.20. The molecule has 8 nitrogen and oxygen atoms in total. The van der Waals surface area contributed by atoms with Gasteiger partial charge in [-0.1, -0.05) is 18.2 Å². The number of hydrogen-bond donors (Lipinski definition) is 2. The predicted molar refractivity (Wildman–Crippen MR) is 102 cm³/mol. The van der Waals surface area contributed by atoms with Gasteiger partial charge in [-0.25, -0.2) is 19.6 Å². The van der Waals surface area contributed by atoms with E-state index in [4.69, 9.17) is 4.42 Å². The van der Waals surface area contributed by atoms with Crippen LogP contribution in [0.2, 0.25) is 0 Å². The quantitative estimate of drug-likeness (QED) is 0.531. The number of aromatic nitrogens is 4. The summed E-state index contributed by atoms with van der Waals surface area (Å²) >= 11 is 0. The zero-order chi connectivity index (χ0) is 18.5. The van der Waals surface area contributed by atoms with Crippen molar-refractivity contribution in [1.29, 1.82) is 0 Å². The van der Waals surface area contributed by atoms with Gasteiger partial charge in [0.1, 0.15) is 24.1 Å². The molecule has 1 aliphatic heterocycles. The smallest absolute Gasteiger partial charge is 0.226 e. The minimum absolute atomic E-state index is 0.272. The maximum absolute atomic E-state index is 5.58. The Hall–Kier alpha value is -3.16. The Morgan fingerprint density at radius 2 is 2.22 bits per heavy atom. The largest absolute Gasteiger partial charge is 0.444 e. The van der Waals surface area contributed by atoms with E-state index in [0.717, 1.165) is 49.0 Å². The van der Waals surface area contributed by atoms with E-state index < -0.39 is 0 Å². The number of hydrogen-bond acceptors (Lipinski definition) is 5. The zero-order valence-corrected chi connectivity index (χ0v) is 15.3. The van der Waals surface area contributed by atoms with Crippen molar-refractivity contribution in [2.24, 2.45) is 4.99 Å². The first kappa shape index (κ1) is 17.3. The number of aliphatic imine (C=N–C) groups is 1. The number of oxazole rings is 1. The topological polar surface area (TPSA) is 93.2 Å². The molecule has 1 aliphatic rings. The van der Waals surface area contributed by atoms with E-state index in [-0.39, 0.29) is 6.04 Å². The molecular weight excluding hydrogens is 342 g/mol. The molecule has 0 saturated heterocycles. The number of fused-ring (bicyclic) bond motifs is 1. The molecule has 27 heavy (non-hydrogen) atoms. The van der Waals surface area contributed by atoms with Crippen molar-refractivity contribution in [3.63, 3.8) is 0 Å². The molecule has 0 bridgehead atoms. The molecule has 4 rings (SSSR count). The first-order valence-corrected chi connectivity index (χ1v) is 9.23. The number of guanidine groups is 1. The van der Waals surface area contributed by atoms with E-state index in [2.05, 4.69) is 37.6 Å². The molecule has 2 N–H and O–H groups in total. The van der Waals surface area contributed by atoms with Crippen molar-refractivity contribution in [2.75, 3.05) is 6.54 Å². The number of benzene rings is 1. The third-order valence-electron chi connectivity index (χ3n) is 4.46. The number of nitrogens with zero attached hydrogens (tertiary/aromatic N) is 5. The number of nitrogens with one attached hydrogen (secondary N) is 2. The molecule has 0 radical (unpaired) electrons. The second-order valence-electron chi connectivity index (χ2n) is 6.44. The molecule has 1 unspecified atom stereocenters. The van der Waals surface area contributed by atoms with Crippen molar-refractivity contribution in [3.8, 4) is 11.5 Å². The van der Waals surface area contributed by atoms with Gasteiger partial charge in [-0.3, -0.25) is 0 Å². The SMILES string of the molecule is CCNC(=NCc1coc(-c2ccccc2)n1)NC1CCc2ncnn2C1. The van der Waals surface area contributed by atoms with E-state index >= 15 is 0 Å². The van der Waals surface area contributed by atoms with Gasteiger partial charge in [-0.2, -0.15) is 5.10 Å². The highest BCUT2D eigenvalue weighted by Gasteiger charge is 2.20. The Balaban J connectivity index is 1.40. The molecular formula is C19H23N7O. The molecule has 0 amide bonds. The van der Waals surface area contributed by atoms with Crippen LogP contribution in [0.4, 0.5) is 0 Å². The lowest BCUT2D eigenvalue weighted by molar-refractivity contribution is 0.392. The minimum atomic E-state index is 0.272. The van der Waals surface area contributed by atoms with E-state index in [1.807, 2.05) is 35.0 Å². The first-order valence-electron chi connectivity index (χ1n) is 9.23. The molecule has 3 heterocycles. The van der Waals surface area contributed by atoms with Gasteiger partial charge in [0.15, 0.2) is 5.96 Å². The van der Waals surface area contributed by atoms with Crippen molar-refractivity contribution in [1.82, 2.24) is 30.4 Å². The summed E-state index contributed by atoms with van der Waals surface area (Å²) in [7, 11) is 0. The van der Waals surface area contributed by atoms with Gasteiger partial charge in [0.25, 0.3) is 0 Å². The maximum Gasteiger partial charge on any atom is 0.226 e.